The summed E-state index contributed by atoms with van der Waals surface area (Å²) in [4.78, 5) is 2.68. The first-order valence-electron chi connectivity index (χ1n) is 11.8. The lowest BCUT2D eigenvalue weighted by molar-refractivity contribution is -0.0912. The van der Waals surface area contributed by atoms with Gasteiger partial charge in [0.25, 0.3) is 0 Å². The van der Waals surface area contributed by atoms with E-state index in [1.807, 2.05) is 18.2 Å². The molecule has 0 radical (unpaired) electrons. The highest BCUT2D eigenvalue weighted by atomic mass is 35.5. The maximum atomic E-state index is 12.1. The van der Waals surface area contributed by atoms with E-state index in [9.17, 15) is 5.11 Å². The highest BCUT2D eigenvalue weighted by Crippen LogP contribution is 2.47. The van der Waals surface area contributed by atoms with E-state index in [-0.39, 0.29) is 5.92 Å². The number of nitrogens with zero attached hydrogens (tertiary/aromatic N) is 1. The Kier molecular flexibility index (Phi) is 7.18. The van der Waals surface area contributed by atoms with E-state index in [0.717, 1.165) is 55.8 Å². The third-order valence-electron chi connectivity index (χ3n) is 7.52. The average molecular weight is 426 g/mol. The van der Waals surface area contributed by atoms with Gasteiger partial charge in [0.2, 0.25) is 0 Å². The van der Waals surface area contributed by atoms with Gasteiger partial charge >= 0.3 is 0 Å². The van der Waals surface area contributed by atoms with Crippen LogP contribution in [-0.4, -0.2) is 28.7 Å². The monoisotopic (exact) mass is 425 g/mol. The summed E-state index contributed by atoms with van der Waals surface area (Å²) in [6.07, 6.45) is 9.85. The maximum Gasteiger partial charge on any atom is 0.0697 e. The van der Waals surface area contributed by atoms with E-state index < -0.39 is 5.60 Å². The van der Waals surface area contributed by atoms with Gasteiger partial charge in [0.15, 0.2) is 0 Å². The van der Waals surface area contributed by atoms with Gasteiger partial charge in [-0.1, -0.05) is 73.3 Å². The lowest BCUT2D eigenvalue weighted by Gasteiger charge is -2.49. The summed E-state index contributed by atoms with van der Waals surface area (Å²) in [7, 11) is 0. The Labute approximate surface area is 187 Å². The minimum atomic E-state index is -0.637. The minimum absolute atomic E-state index is 0.271. The van der Waals surface area contributed by atoms with E-state index in [1.54, 1.807) is 0 Å². The summed E-state index contributed by atoms with van der Waals surface area (Å²) in [5.74, 6) is 0.271. The number of piperidine rings is 1. The third kappa shape index (κ3) is 4.77. The van der Waals surface area contributed by atoms with E-state index in [2.05, 4.69) is 42.2 Å². The molecule has 3 heteroatoms. The molecule has 1 N–H and O–H groups in total. The number of likely N-dealkylation sites (tertiary alicyclic amines) is 1. The van der Waals surface area contributed by atoms with Gasteiger partial charge in [-0.25, -0.2) is 0 Å². The second kappa shape index (κ2) is 9.85. The minimum Gasteiger partial charge on any atom is -0.390 e. The van der Waals surface area contributed by atoms with Crippen molar-refractivity contribution in [2.75, 3.05) is 13.1 Å². The number of aryl methyl sites for hydroxylation is 2. The first-order valence-corrected chi connectivity index (χ1v) is 12.2. The topological polar surface area (TPSA) is 23.5 Å². The van der Waals surface area contributed by atoms with Gasteiger partial charge in [-0.15, -0.1) is 0 Å². The number of halogens is 1. The first kappa shape index (κ1) is 21.9. The van der Waals surface area contributed by atoms with Crippen LogP contribution in [0.4, 0.5) is 0 Å². The summed E-state index contributed by atoms with van der Waals surface area (Å²) >= 11 is 6.43. The molecule has 1 saturated heterocycles. The smallest absolute Gasteiger partial charge is 0.0697 e. The molecule has 3 unspecified atom stereocenters. The Balaban J connectivity index is 1.64. The Morgan fingerprint density at radius 1 is 1.00 bits per heavy atom. The van der Waals surface area contributed by atoms with Crippen molar-refractivity contribution in [1.82, 2.24) is 4.90 Å². The number of aliphatic hydroxyl groups is 1. The molecule has 30 heavy (non-hydrogen) atoms. The van der Waals surface area contributed by atoms with Crippen LogP contribution in [0, 0.1) is 12.8 Å². The fourth-order valence-corrected chi connectivity index (χ4v) is 6.08. The van der Waals surface area contributed by atoms with Crippen molar-refractivity contribution in [1.29, 1.82) is 0 Å². The molecular formula is C27H36ClNO. The average Bonchev–Trinajstić information content (AvgIpc) is 2.77. The zero-order chi connectivity index (χ0) is 21.0. The van der Waals surface area contributed by atoms with Crippen LogP contribution in [0.2, 0.25) is 5.02 Å². The molecule has 1 aliphatic heterocycles. The molecule has 2 fully saturated rings. The van der Waals surface area contributed by atoms with Gasteiger partial charge in [-0.05, 0) is 81.3 Å². The Morgan fingerprint density at radius 3 is 2.50 bits per heavy atom. The molecule has 2 aromatic carbocycles. The van der Waals surface area contributed by atoms with Crippen molar-refractivity contribution in [3.63, 3.8) is 0 Å². The third-order valence-corrected chi connectivity index (χ3v) is 7.89. The molecule has 4 rings (SSSR count). The molecule has 2 aliphatic rings. The fourth-order valence-electron chi connectivity index (χ4n) is 5.85. The molecule has 0 bridgehead atoms. The molecule has 162 valence electrons. The molecule has 0 spiro atoms. The molecule has 0 amide bonds. The number of rotatable bonds is 6. The molecular weight excluding hydrogens is 390 g/mol. The fraction of sp³-hybridized carbons (Fsp3) is 0.556. The second-order valence-corrected chi connectivity index (χ2v) is 9.85. The Morgan fingerprint density at radius 2 is 1.73 bits per heavy atom. The van der Waals surface area contributed by atoms with Crippen molar-refractivity contribution in [3.8, 4) is 0 Å². The first-order chi connectivity index (χ1) is 14.6. The molecule has 1 saturated carbocycles. The molecule has 1 aliphatic carbocycles. The zero-order valence-corrected chi connectivity index (χ0v) is 19.1. The van der Waals surface area contributed by atoms with Crippen LogP contribution >= 0.6 is 11.6 Å². The van der Waals surface area contributed by atoms with Gasteiger partial charge in [-0.2, -0.15) is 0 Å². The van der Waals surface area contributed by atoms with Gasteiger partial charge in [0.1, 0.15) is 0 Å². The van der Waals surface area contributed by atoms with Crippen molar-refractivity contribution in [2.45, 2.75) is 76.4 Å². The van der Waals surface area contributed by atoms with Crippen LogP contribution in [0.3, 0.4) is 0 Å². The highest BCUT2D eigenvalue weighted by Gasteiger charge is 2.45. The molecule has 1 heterocycles. The van der Waals surface area contributed by atoms with Crippen LogP contribution in [0.5, 0.6) is 0 Å². The lowest BCUT2D eigenvalue weighted by atomic mass is 9.67. The Hall–Kier alpha value is -1.35. The summed E-state index contributed by atoms with van der Waals surface area (Å²) in [5, 5.41) is 12.9. The van der Waals surface area contributed by atoms with Gasteiger partial charge < -0.3 is 5.11 Å². The van der Waals surface area contributed by atoms with Crippen molar-refractivity contribution >= 4 is 11.6 Å². The van der Waals surface area contributed by atoms with E-state index in [0.29, 0.717) is 6.04 Å². The Bertz CT molecular complexity index is 831. The number of benzene rings is 2. The van der Waals surface area contributed by atoms with Crippen molar-refractivity contribution in [3.05, 3.63) is 70.2 Å². The van der Waals surface area contributed by atoms with Crippen LogP contribution in [-0.2, 0) is 6.42 Å². The van der Waals surface area contributed by atoms with Crippen LogP contribution in [0.15, 0.2) is 48.5 Å². The summed E-state index contributed by atoms with van der Waals surface area (Å²) in [5.41, 5.74) is 3.29. The molecule has 0 aromatic heterocycles. The van der Waals surface area contributed by atoms with Gasteiger partial charge in [-0.3, -0.25) is 4.90 Å². The summed E-state index contributed by atoms with van der Waals surface area (Å²) < 4.78 is 0. The summed E-state index contributed by atoms with van der Waals surface area (Å²) in [6, 6.07) is 17.2. The van der Waals surface area contributed by atoms with E-state index >= 15 is 0 Å². The highest BCUT2D eigenvalue weighted by molar-refractivity contribution is 6.31. The van der Waals surface area contributed by atoms with E-state index in [1.165, 1.54) is 36.8 Å². The predicted octanol–water partition coefficient (Wildman–Crippen LogP) is 6.73. The molecule has 2 nitrogen and oxygen atoms in total. The van der Waals surface area contributed by atoms with Gasteiger partial charge in [0.05, 0.1) is 5.60 Å². The zero-order valence-electron chi connectivity index (χ0n) is 18.3. The normalized spacial score (nSPS) is 26.4. The lowest BCUT2D eigenvalue weighted by Crippen LogP contribution is -2.50. The SMILES string of the molecule is Cc1ccccc1C(C1CCCCC1(O)CCc1ccccc1Cl)N1CCCCC1. The largest absolute Gasteiger partial charge is 0.390 e. The predicted molar refractivity (Wildman–Crippen MR) is 126 cm³/mol. The summed E-state index contributed by atoms with van der Waals surface area (Å²) in [6.45, 7) is 4.53. The van der Waals surface area contributed by atoms with Crippen LogP contribution in [0.25, 0.3) is 0 Å². The van der Waals surface area contributed by atoms with Crippen LogP contribution < -0.4 is 0 Å². The molecule has 2 aromatic rings. The maximum absolute atomic E-state index is 12.1. The molecule has 3 atom stereocenters. The van der Waals surface area contributed by atoms with Gasteiger partial charge in [0, 0.05) is 17.0 Å². The van der Waals surface area contributed by atoms with E-state index in [4.69, 9.17) is 11.6 Å². The number of hydrogen-bond donors (Lipinski definition) is 1. The van der Waals surface area contributed by atoms with Crippen molar-refractivity contribution in [2.24, 2.45) is 5.92 Å². The second-order valence-electron chi connectivity index (χ2n) is 9.45. The number of hydrogen-bond acceptors (Lipinski definition) is 2. The van der Waals surface area contributed by atoms with Crippen LogP contribution in [0.1, 0.15) is 74.1 Å². The van der Waals surface area contributed by atoms with Crippen molar-refractivity contribution < 1.29 is 5.11 Å². The quantitative estimate of drug-likeness (QED) is 0.554. The standard InChI is InChI=1S/C27H36ClNO/c1-21-11-3-5-13-23(21)26(29-19-9-2-10-20-29)24-14-7-8-17-27(24,30)18-16-22-12-4-6-15-25(22)28/h3-6,11-13,15,24,26,30H,2,7-10,14,16-20H2,1H3.